The van der Waals surface area contributed by atoms with Gasteiger partial charge in [-0.3, -0.25) is 0 Å². The first kappa shape index (κ1) is 12.8. The van der Waals surface area contributed by atoms with Crippen LogP contribution in [0.4, 0.5) is 0 Å². The van der Waals surface area contributed by atoms with Crippen LogP contribution in [0.1, 0.15) is 13.3 Å². The first-order valence-electron chi connectivity index (χ1n) is 6.78. The van der Waals surface area contributed by atoms with Crippen LogP contribution in [0.2, 0.25) is 0 Å². The molecular formula is C12H14I2N2O4. The maximum absolute atomic E-state index is 12.3. The van der Waals surface area contributed by atoms with Gasteiger partial charge in [-0.25, -0.2) is 0 Å². The summed E-state index contributed by atoms with van der Waals surface area (Å²) >= 11 is 1.03. The Hall–Kier alpha value is 0.320. The van der Waals surface area contributed by atoms with E-state index in [2.05, 4.69) is 29.7 Å². The number of fused-ring (bicyclic) bond motifs is 1. The van der Waals surface area contributed by atoms with E-state index in [4.69, 9.17) is 9.47 Å². The minimum atomic E-state index is -1.16. The summed E-state index contributed by atoms with van der Waals surface area (Å²) in [6.45, 7) is 2.29. The molecule has 0 bridgehead atoms. The van der Waals surface area contributed by atoms with Crippen LogP contribution in [0.15, 0.2) is 0 Å². The molecule has 0 aromatic rings. The molecule has 2 N–H and O–H groups in total. The zero-order valence-corrected chi connectivity index (χ0v) is 15.0. The van der Waals surface area contributed by atoms with E-state index in [1.165, 1.54) is 0 Å². The van der Waals surface area contributed by atoms with Crippen LogP contribution in [0.3, 0.4) is 0 Å². The van der Waals surface area contributed by atoms with Gasteiger partial charge in [0.2, 0.25) is 0 Å². The minimum absolute atomic E-state index is 0.00777. The monoisotopic (exact) mass is 504 g/mol. The third-order valence-electron chi connectivity index (χ3n) is 5.49. The van der Waals surface area contributed by atoms with Gasteiger partial charge in [0.25, 0.3) is 0 Å². The number of halogens is 2. The molecule has 0 spiro atoms. The Morgan fingerprint density at radius 3 is 3.00 bits per heavy atom. The summed E-state index contributed by atoms with van der Waals surface area (Å²) in [5.74, 6) is 0.890. The van der Waals surface area contributed by atoms with E-state index in [1.807, 2.05) is 6.92 Å². The van der Waals surface area contributed by atoms with Crippen molar-refractivity contribution in [2.45, 2.75) is 26.5 Å². The third-order valence-corrected chi connectivity index (χ3v) is 12.6. The predicted octanol–water partition coefficient (Wildman–Crippen LogP) is 0.727. The molecule has 110 valence electrons. The molecule has 3 saturated heterocycles. The number of esters is 2. The van der Waals surface area contributed by atoms with Crippen molar-refractivity contribution < 1.29 is 19.1 Å². The van der Waals surface area contributed by atoms with E-state index < -0.39 is 23.8 Å². The summed E-state index contributed by atoms with van der Waals surface area (Å²) in [5, 5.41) is 0. The van der Waals surface area contributed by atoms with Crippen LogP contribution in [0.5, 0.6) is 0 Å². The van der Waals surface area contributed by atoms with E-state index >= 15 is 0 Å². The molecule has 0 aromatic heterocycles. The fourth-order valence-corrected chi connectivity index (χ4v) is 11.8. The average Bonchev–Trinajstić information content (AvgIpc) is 3.18. The molecule has 5 rings (SSSR count). The fourth-order valence-electron chi connectivity index (χ4n) is 3.97. The number of ether oxygens (including phenoxy) is 2. The maximum atomic E-state index is 12.3. The molecule has 2 aliphatic carbocycles. The Kier molecular flexibility index (Phi) is 2.32. The van der Waals surface area contributed by atoms with E-state index in [0.717, 1.165) is 6.42 Å². The van der Waals surface area contributed by atoms with Gasteiger partial charge in [-0.15, -0.1) is 0 Å². The van der Waals surface area contributed by atoms with Crippen LogP contribution in [-0.4, -0.2) is 31.7 Å². The molecule has 6 nitrogen and oxygen atoms in total. The number of hydrogen-bond acceptors (Lipinski definition) is 6. The van der Waals surface area contributed by atoms with Gasteiger partial charge in [0, 0.05) is 0 Å². The van der Waals surface area contributed by atoms with Crippen molar-refractivity contribution in [3.63, 3.8) is 0 Å². The second-order valence-corrected chi connectivity index (χ2v) is 12.8. The van der Waals surface area contributed by atoms with Crippen LogP contribution in [0.25, 0.3) is 0 Å². The van der Waals surface area contributed by atoms with E-state index in [9.17, 15) is 9.59 Å². The summed E-state index contributed by atoms with van der Waals surface area (Å²) < 4.78 is 17.0. The summed E-state index contributed by atoms with van der Waals surface area (Å²) in [7, 11) is 0. The van der Waals surface area contributed by atoms with Gasteiger partial charge in [-0.2, -0.15) is 0 Å². The Labute approximate surface area is 137 Å². The zero-order valence-electron chi connectivity index (χ0n) is 10.7. The molecule has 8 heteroatoms. The van der Waals surface area contributed by atoms with Crippen LogP contribution < -0.4 is 7.06 Å². The summed E-state index contributed by atoms with van der Waals surface area (Å²) in [5.41, 5.74) is 0. The molecule has 0 radical (unpaired) electrons. The molecule has 5 aliphatic rings. The Bertz CT molecular complexity index is 548. The number of hydrogen-bond donors (Lipinski definition) is 2. The molecule has 6 atom stereocenters. The molecule has 0 aromatic carbocycles. The molecular weight excluding hydrogens is 490 g/mol. The van der Waals surface area contributed by atoms with Gasteiger partial charge in [0.05, 0.1) is 0 Å². The van der Waals surface area contributed by atoms with Gasteiger partial charge >= 0.3 is 138 Å². The van der Waals surface area contributed by atoms with Crippen LogP contribution in [0, 0.1) is 23.7 Å². The van der Waals surface area contributed by atoms with Crippen molar-refractivity contribution in [3.8, 4) is 0 Å². The van der Waals surface area contributed by atoms with Crippen molar-refractivity contribution >= 4 is 54.9 Å². The summed E-state index contributed by atoms with van der Waals surface area (Å²) in [6, 6.07) is 0. The molecule has 20 heavy (non-hydrogen) atoms. The zero-order chi connectivity index (χ0) is 13.9. The van der Waals surface area contributed by atoms with Crippen molar-refractivity contribution in [2.75, 3.05) is 6.61 Å². The standard InChI is InChI=1S/C12H14I2N2O4/c1-11(13,12-14(15-12)16-12)10(18)19-3-5-4-2-6-7(4)8(5)9(17)20-6/h4-8,15-16H,2-3H2,1H3. The van der Waals surface area contributed by atoms with E-state index in [-0.39, 0.29) is 33.5 Å². The van der Waals surface area contributed by atoms with Gasteiger partial charge < -0.3 is 0 Å². The van der Waals surface area contributed by atoms with Crippen molar-refractivity contribution in [2.24, 2.45) is 23.7 Å². The van der Waals surface area contributed by atoms with E-state index in [0.29, 0.717) is 18.4 Å². The SMILES string of the molecule is CC(I)(C(=O)OCC1C2CC3OC(=O)C1C32)C12NI1N2. The van der Waals surface area contributed by atoms with Gasteiger partial charge in [0.15, 0.2) is 0 Å². The van der Waals surface area contributed by atoms with E-state index in [1.54, 1.807) is 0 Å². The molecule has 0 amide bonds. The Morgan fingerprint density at radius 2 is 2.35 bits per heavy atom. The predicted molar refractivity (Wildman–Crippen MR) is 84.9 cm³/mol. The average molecular weight is 504 g/mol. The van der Waals surface area contributed by atoms with Crippen molar-refractivity contribution in [1.82, 2.24) is 7.06 Å². The quantitative estimate of drug-likeness (QED) is 0.147. The van der Waals surface area contributed by atoms with Crippen molar-refractivity contribution in [1.29, 1.82) is 0 Å². The second-order valence-electron chi connectivity index (χ2n) is 6.37. The first-order valence-corrected chi connectivity index (χ1v) is 11.1. The van der Waals surface area contributed by atoms with Crippen LogP contribution in [-0.2, 0) is 19.1 Å². The van der Waals surface area contributed by atoms with Gasteiger partial charge in [-0.1, -0.05) is 0 Å². The molecule has 6 unspecified atom stereocenters. The number of rotatable bonds is 4. The van der Waals surface area contributed by atoms with Gasteiger partial charge in [0.1, 0.15) is 0 Å². The number of alkyl halides is 2. The summed E-state index contributed by atoms with van der Waals surface area (Å²) in [4.78, 5) is 24.0. The normalized spacial score (nSPS) is 48.8. The number of carbonyl (C=O) groups is 2. The number of nitrogens with one attached hydrogen (secondary N) is 2. The topological polar surface area (TPSA) is 96.5 Å². The Morgan fingerprint density at radius 1 is 1.65 bits per heavy atom. The van der Waals surface area contributed by atoms with Gasteiger partial charge in [-0.05, 0) is 0 Å². The number of carbonyl (C=O) groups excluding carboxylic acids is 2. The first-order chi connectivity index (χ1) is 9.46. The molecule has 3 aliphatic heterocycles. The van der Waals surface area contributed by atoms with Crippen molar-refractivity contribution in [3.05, 3.63) is 0 Å². The third kappa shape index (κ3) is 1.33. The second kappa shape index (κ2) is 3.62. The molecule has 3 heterocycles. The molecule has 5 fully saturated rings. The molecule has 2 saturated carbocycles. The van der Waals surface area contributed by atoms with Crippen LogP contribution >= 0.6 is 43.0 Å². The fraction of sp³-hybridized carbons (Fsp3) is 0.833. The summed E-state index contributed by atoms with van der Waals surface area (Å²) in [6.07, 6.45) is 1.12. The Balaban J connectivity index is 1.24.